The third kappa shape index (κ3) is 4.70. The normalized spacial score (nSPS) is 10.5. The van der Waals surface area contributed by atoms with Crippen LogP contribution in [0, 0.1) is 6.92 Å². The SMILES string of the molecule is CCOc1ccc(C(=O)NCCc2ccc(-c3csc(C)n3)cc2)cc1. The summed E-state index contributed by atoms with van der Waals surface area (Å²) in [5.41, 5.74) is 3.97. The van der Waals surface area contributed by atoms with E-state index < -0.39 is 0 Å². The lowest BCUT2D eigenvalue weighted by Crippen LogP contribution is -2.25. The van der Waals surface area contributed by atoms with Crippen molar-refractivity contribution < 1.29 is 9.53 Å². The van der Waals surface area contributed by atoms with Crippen molar-refractivity contribution in [3.8, 4) is 17.0 Å². The van der Waals surface area contributed by atoms with E-state index in [-0.39, 0.29) is 5.91 Å². The van der Waals surface area contributed by atoms with Gasteiger partial charge >= 0.3 is 0 Å². The van der Waals surface area contributed by atoms with E-state index in [0.29, 0.717) is 18.7 Å². The number of aryl methyl sites for hydroxylation is 1. The molecule has 0 saturated carbocycles. The number of nitrogens with zero attached hydrogens (tertiary/aromatic N) is 1. The molecule has 0 aliphatic rings. The molecule has 26 heavy (non-hydrogen) atoms. The Kier molecular flexibility index (Phi) is 6.02. The second kappa shape index (κ2) is 8.63. The standard InChI is InChI=1S/C21H22N2O2S/c1-3-25-19-10-8-18(9-11-19)21(24)22-13-12-16-4-6-17(7-5-16)20-14-26-15(2)23-20/h4-11,14H,3,12-13H2,1-2H3,(H,22,24). The molecule has 0 aliphatic carbocycles. The number of thiazole rings is 1. The predicted octanol–water partition coefficient (Wildman–Crippen LogP) is 4.49. The highest BCUT2D eigenvalue weighted by molar-refractivity contribution is 7.09. The zero-order valence-electron chi connectivity index (χ0n) is 15.0. The molecule has 0 unspecified atom stereocenters. The van der Waals surface area contributed by atoms with Crippen molar-refractivity contribution in [3.63, 3.8) is 0 Å². The van der Waals surface area contributed by atoms with Crippen molar-refractivity contribution in [1.82, 2.24) is 10.3 Å². The molecule has 0 atom stereocenters. The number of hydrogen-bond acceptors (Lipinski definition) is 4. The van der Waals surface area contributed by atoms with Gasteiger partial charge in [0.05, 0.1) is 17.3 Å². The average molecular weight is 366 g/mol. The molecule has 1 amide bonds. The van der Waals surface area contributed by atoms with Crippen LogP contribution in [0.5, 0.6) is 5.75 Å². The molecule has 0 saturated heterocycles. The highest BCUT2D eigenvalue weighted by atomic mass is 32.1. The molecule has 3 rings (SSSR count). The van der Waals surface area contributed by atoms with Gasteiger partial charge in [0.2, 0.25) is 0 Å². The lowest BCUT2D eigenvalue weighted by molar-refractivity contribution is 0.0954. The molecule has 5 heteroatoms. The molecule has 2 aromatic carbocycles. The molecule has 3 aromatic rings. The van der Waals surface area contributed by atoms with Gasteiger partial charge in [0.15, 0.2) is 0 Å². The fraction of sp³-hybridized carbons (Fsp3) is 0.238. The fourth-order valence-corrected chi connectivity index (χ4v) is 3.25. The van der Waals surface area contributed by atoms with E-state index in [4.69, 9.17) is 4.74 Å². The molecule has 4 nitrogen and oxygen atoms in total. The first-order valence-electron chi connectivity index (χ1n) is 8.68. The van der Waals surface area contributed by atoms with Crippen LogP contribution in [0.15, 0.2) is 53.9 Å². The fourth-order valence-electron chi connectivity index (χ4n) is 2.63. The van der Waals surface area contributed by atoms with Gasteiger partial charge in [-0.2, -0.15) is 0 Å². The van der Waals surface area contributed by atoms with Crippen LogP contribution in [0.3, 0.4) is 0 Å². The van der Waals surface area contributed by atoms with Gasteiger partial charge < -0.3 is 10.1 Å². The van der Waals surface area contributed by atoms with Crippen LogP contribution in [0.25, 0.3) is 11.3 Å². The Morgan fingerprint density at radius 2 is 1.85 bits per heavy atom. The molecular formula is C21H22N2O2S. The van der Waals surface area contributed by atoms with Crippen molar-refractivity contribution in [3.05, 3.63) is 70.0 Å². The lowest BCUT2D eigenvalue weighted by atomic mass is 10.1. The summed E-state index contributed by atoms with van der Waals surface area (Å²) >= 11 is 1.66. The van der Waals surface area contributed by atoms with Crippen LogP contribution in [0.2, 0.25) is 0 Å². The first-order chi connectivity index (χ1) is 12.7. The Labute approximate surface area is 157 Å². The van der Waals surface area contributed by atoms with Crippen LogP contribution < -0.4 is 10.1 Å². The minimum absolute atomic E-state index is 0.0670. The highest BCUT2D eigenvalue weighted by Gasteiger charge is 2.06. The number of carbonyl (C=O) groups is 1. The zero-order chi connectivity index (χ0) is 18.4. The molecular weight excluding hydrogens is 344 g/mol. The maximum absolute atomic E-state index is 12.2. The number of hydrogen-bond donors (Lipinski definition) is 1. The van der Waals surface area contributed by atoms with Crippen molar-refractivity contribution in [2.75, 3.05) is 13.2 Å². The summed E-state index contributed by atoms with van der Waals surface area (Å²) in [6.45, 7) is 5.16. The van der Waals surface area contributed by atoms with Crippen molar-refractivity contribution in [2.24, 2.45) is 0 Å². The minimum Gasteiger partial charge on any atom is -0.494 e. The number of benzene rings is 2. The van der Waals surface area contributed by atoms with Crippen LogP contribution in [0.4, 0.5) is 0 Å². The number of aromatic nitrogens is 1. The van der Waals surface area contributed by atoms with Crippen LogP contribution >= 0.6 is 11.3 Å². The van der Waals surface area contributed by atoms with Crippen LogP contribution in [0.1, 0.15) is 27.9 Å². The van der Waals surface area contributed by atoms with Gasteiger partial charge in [0.25, 0.3) is 5.91 Å². The number of carbonyl (C=O) groups excluding carboxylic acids is 1. The summed E-state index contributed by atoms with van der Waals surface area (Å²) in [6.07, 6.45) is 0.791. The number of nitrogens with one attached hydrogen (secondary N) is 1. The van der Waals surface area contributed by atoms with Crippen molar-refractivity contribution >= 4 is 17.2 Å². The number of rotatable bonds is 7. The summed E-state index contributed by atoms with van der Waals surface area (Å²) in [5, 5.41) is 6.10. The van der Waals surface area contributed by atoms with E-state index in [0.717, 1.165) is 28.4 Å². The van der Waals surface area contributed by atoms with Crippen LogP contribution in [-0.2, 0) is 6.42 Å². The summed E-state index contributed by atoms with van der Waals surface area (Å²) < 4.78 is 5.39. The van der Waals surface area contributed by atoms with E-state index in [1.807, 2.05) is 26.0 Å². The third-order valence-corrected chi connectivity index (χ3v) is 4.77. The topological polar surface area (TPSA) is 51.2 Å². The minimum atomic E-state index is -0.0670. The highest BCUT2D eigenvalue weighted by Crippen LogP contribution is 2.21. The molecule has 0 fully saturated rings. The lowest BCUT2D eigenvalue weighted by Gasteiger charge is -2.07. The average Bonchev–Trinajstić information content (AvgIpc) is 3.09. The number of ether oxygens (including phenoxy) is 1. The van der Waals surface area contributed by atoms with E-state index in [2.05, 4.69) is 39.9 Å². The Morgan fingerprint density at radius 1 is 1.12 bits per heavy atom. The molecule has 0 aliphatic heterocycles. The molecule has 1 N–H and O–H groups in total. The van der Waals surface area contributed by atoms with Crippen molar-refractivity contribution in [1.29, 1.82) is 0 Å². The Hall–Kier alpha value is -2.66. The van der Waals surface area contributed by atoms with E-state index in [1.165, 1.54) is 5.56 Å². The summed E-state index contributed by atoms with van der Waals surface area (Å²) in [7, 11) is 0. The Bertz CT molecular complexity index is 854. The summed E-state index contributed by atoms with van der Waals surface area (Å²) in [5.74, 6) is 0.710. The molecule has 0 bridgehead atoms. The van der Waals surface area contributed by atoms with Gasteiger partial charge in [-0.1, -0.05) is 24.3 Å². The van der Waals surface area contributed by atoms with Crippen molar-refractivity contribution in [2.45, 2.75) is 20.3 Å². The second-order valence-corrected chi connectivity index (χ2v) is 6.97. The third-order valence-electron chi connectivity index (χ3n) is 4.00. The van der Waals surface area contributed by atoms with Gasteiger partial charge in [-0.15, -0.1) is 11.3 Å². The molecule has 0 spiro atoms. The van der Waals surface area contributed by atoms with E-state index >= 15 is 0 Å². The first kappa shape index (κ1) is 18.1. The van der Waals surface area contributed by atoms with Gasteiger partial charge in [-0.3, -0.25) is 4.79 Å². The summed E-state index contributed by atoms with van der Waals surface area (Å²) in [4.78, 5) is 16.7. The van der Waals surface area contributed by atoms with E-state index in [9.17, 15) is 4.79 Å². The molecule has 0 radical (unpaired) electrons. The smallest absolute Gasteiger partial charge is 0.251 e. The molecule has 1 aromatic heterocycles. The summed E-state index contributed by atoms with van der Waals surface area (Å²) in [6, 6.07) is 15.5. The monoisotopic (exact) mass is 366 g/mol. The van der Waals surface area contributed by atoms with Gasteiger partial charge in [0.1, 0.15) is 5.75 Å². The maximum atomic E-state index is 12.2. The van der Waals surface area contributed by atoms with Gasteiger partial charge in [-0.25, -0.2) is 4.98 Å². The Balaban J connectivity index is 1.50. The van der Waals surface area contributed by atoms with Gasteiger partial charge in [-0.05, 0) is 50.1 Å². The maximum Gasteiger partial charge on any atom is 0.251 e. The second-order valence-electron chi connectivity index (χ2n) is 5.91. The number of amides is 1. The van der Waals surface area contributed by atoms with Gasteiger partial charge in [0, 0.05) is 23.1 Å². The van der Waals surface area contributed by atoms with Crippen LogP contribution in [-0.4, -0.2) is 24.0 Å². The van der Waals surface area contributed by atoms with E-state index in [1.54, 1.807) is 23.5 Å². The Morgan fingerprint density at radius 3 is 2.46 bits per heavy atom. The molecule has 134 valence electrons. The first-order valence-corrected chi connectivity index (χ1v) is 9.56. The zero-order valence-corrected chi connectivity index (χ0v) is 15.8. The quantitative estimate of drug-likeness (QED) is 0.670. The predicted molar refractivity (Wildman–Crippen MR) is 106 cm³/mol. The molecule has 1 heterocycles. The largest absolute Gasteiger partial charge is 0.494 e.